The molecule has 1 rings (SSSR count). The van der Waals surface area contributed by atoms with Gasteiger partial charge in [0.25, 0.3) is 0 Å². The zero-order chi connectivity index (χ0) is 12.9. The summed E-state index contributed by atoms with van der Waals surface area (Å²) in [5.41, 5.74) is 0.0269. The normalized spacial score (nSPS) is 20.3. The predicted molar refractivity (Wildman–Crippen MR) is 60.3 cm³/mol. The first-order valence-corrected chi connectivity index (χ1v) is 6.42. The number of hydrogen-bond acceptors (Lipinski definition) is 0. The molecule has 0 unspecified atom stereocenters. The van der Waals surface area contributed by atoms with Gasteiger partial charge in [0.2, 0.25) is 5.83 Å². The lowest BCUT2D eigenvalue weighted by Gasteiger charge is -2.25. The minimum atomic E-state index is -4.81. The van der Waals surface area contributed by atoms with Crippen LogP contribution in [0.3, 0.4) is 0 Å². The van der Waals surface area contributed by atoms with Crippen LogP contribution in [0.25, 0.3) is 0 Å². The molecule has 0 saturated heterocycles. The SMILES string of the molecule is CCCCC(=C(F)C(F)(F)F)C1CCCCC1. The Morgan fingerprint density at radius 3 is 2.18 bits per heavy atom. The van der Waals surface area contributed by atoms with Gasteiger partial charge in [0.05, 0.1) is 0 Å². The van der Waals surface area contributed by atoms with E-state index in [1.54, 1.807) is 0 Å². The van der Waals surface area contributed by atoms with Crippen LogP contribution < -0.4 is 0 Å². The molecule has 1 aliphatic carbocycles. The molecule has 0 N–H and O–H groups in total. The number of halogens is 4. The zero-order valence-corrected chi connectivity index (χ0v) is 10.2. The fourth-order valence-corrected chi connectivity index (χ4v) is 2.49. The van der Waals surface area contributed by atoms with Gasteiger partial charge in [-0.15, -0.1) is 0 Å². The summed E-state index contributed by atoms with van der Waals surface area (Å²) in [5, 5.41) is 0. The Bertz CT molecular complexity index is 259. The molecule has 0 aromatic carbocycles. The maximum absolute atomic E-state index is 13.4. The first-order chi connectivity index (χ1) is 7.96. The zero-order valence-electron chi connectivity index (χ0n) is 10.2. The molecule has 0 nitrogen and oxygen atoms in total. The maximum Gasteiger partial charge on any atom is 0.442 e. The highest BCUT2D eigenvalue weighted by molar-refractivity contribution is 5.16. The van der Waals surface area contributed by atoms with Crippen LogP contribution in [0.1, 0.15) is 58.3 Å². The first kappa shape index (κ1) is 14.5. The third kappa shape index (κ3) is 4.32. The molecule has 0 spiro atoms. The molecule has 1 aliphatic rings. The van der Waals surface area contributed by atoms with Gasteiger partial charge in [0.15, 0.2) is 0 Å². The first-order valence-electron chi connectivity index (χ1n) is 6.42. The van der Waals surface area contributed by atoms with E-state index in [4.69, 9.17) is 0 Å². The molecule has 0 amide bonds. The lowest BCUT2D eigenvalue weighted by molar-refractivity contribution is -0.110. The Kier molecular flexibility index (Phi) is 5.47. The summed E-state index contributed by atoms with van der Waals surface area (Å²) < 4.78 is 50.8. The topological polar surface area (TPSA) is 0 Å². The molecule has 0 heterocycles. The summed E-state index contributed by atoms with van der Waals surface area (Å²) in [6.45, 7) is 1.91. The second-order valence-electron chi connectivity index (χ2n) is 4.78. The van der Waals surface area contributed by atoms with E-state index in [0.29, 0.717) is 19.3 Å². The van der Waals surface area contributed by atoms with E-state index >= 15 is 0 Å². The van der Waals surface area contributed by atoms with Crippen LogP contribution in [0.4, 0.5) is 17.6 Å². The maximum atomic E-state index is 13.4. The Morgan fingerprint density at radius 1 is 1.12 bits per heavy atom. The summed E-state index contributed by atoms with van der Waals surface area (Å²) in [7, 11) is 0. The third-order valence-corrected chi connectivity index (χ3v) is 3.43. The minimum Gasteiger partial charge on any atom is -0.202 e. The summed E-state index contributed by atoms with van der Waals surface area (Å²) in [6.07, 6.45) is 1.21. The van der Waals surface area contributed by atoms with Gasteiger partial charge >= 0.3 is 6.18 Å². The van der Waals surface area contributed by atoms with E-state index in [1.807, 2.05) is 6.92 Å². The second kappa shape index (κ2) is 6.41. The van der Waals surface area contributed by atoms with Crippen molar-refractivity contribution in [3.05, 3.63) is 11.4 Å². The average Bonchev–Trinajstić information content (AvgIpc) is 2.29. The van der Waals surface area contributed by atoms with Crippen LogP contribution in [0, 0.1) is 5.92 Å². The van der Waals surface area contributed by atoms with Crippen LogP contribution >= 0.6 is 0 Å². The van der Waals surface area contributed by atoms with Crippen LogP contribution in [-0.2, 0) is 0 Å². The van der Waals surface area contributed by atoms with E-state index < -0.39 is 12.0 Å². The molecule has 0 aliphatic heterocycles. The number of allylic oxidation sites excluding steroid dienone is 2. The van der Waals surface area contributed by atoms with Crippen LogP contribution in [0.2, 0.25) is 0 Å². The smallest absolute Gasteiger partial charge is 0.202 e. The second-order valence-corrected chi connectivity index (χ2v) is 4.78. The molecule has 0 bridgehead atoms. The highest BCUT2D eigenvalue weighted by Crippen LogP contribution is 2.39. The average molecular weight is 252 g/mol. The predicted octanol–water partition coefficient (Wildman–Crippen LogP) is 5.54. The van der Waals surface area contributed by atoms with E-state index in [1.165, 1.54) is 0 Å². The van der Waals surface area contributed by atoms with Gasteiger partial charge in [-0.3, -0.25) is 0 Å². The standard InChI is InChI=1S/C13H20F4/c1-2-3-9-11(12(14)13(15,16)17)10-7-5-4-6-8-10/h10H,2-9H2,1H3. The molecule has 1 saturated carbocycles. The van der Waals surface area contributed by atoms with Crippen molar-refractivity contribution >= 4 is 0 Å². The lowest BCUT2D eigenvalue weighted by atomic mass is 9.81. The Labute approximate surface area is 100 Å². The van der Waals surface area contributed by atoms with Crippen molar-refractivity contribution in [2.45, 2.75) is 64.5 Å². The van der Waals surface area contributed by atoms with Crippen molar-refractivity contribution in [3.63, 3.8) is 0 Å². The fourth-order valence-electron chi connectivity index (χ4n) is 2.49. The van der Waals surface area contributed by atoms with Gasteiger partial charge in [-0.2, -0.15) is 13.2 Å². The largest absolute Gasteiger partial charge is 0.442 e. The van der Waals surface area contributed by atoms with Gasteiger partial charge in [-0.25, -0.2) is 4.39 Å². The Morgan fingerprint density at radius 2 is 1.71 bits per heavy atom. The fraction of sp³-hybridized carbons (Fsp3) is 0.846. The quantitative estimate of drug-likeness (QED) is 0.576. The molecular weight excluding hydrogens is 232 g/mol. The summed E-state index contributed by atoms with van der Waals surface area (Å²) in [6, 6.07) is 0. The molecule has 1 fully saturated rings. The summed E-state index contributed by atoms with van der Waals surface area (Å²) in [4.78, 5) is 0. The van der Waals surface area contributed by atoms with E-state index in [2.05, 4.69) is 0 Å². The van der Waals surface area contributed by atoms with E-state index in [0.717, 1.165) is 25.7 Å². The number of alkyl halides is 3. The number of rotatable bonds is 4. The summed E-state index contributed by atoms with van der Waals surface area (Å²) >= 11 is 0. The van der Waals surface area contributed by atoms with Crippen LogP contribution in [-0.4, -0.2) is 6.18 Å². The molecule has 0 atom stereocenters. The van der Waals surface area contributed by atoms with Crippen molar-refractivity contribution in [2.75, 3.05) is 0 Å². The summed E-state index contributed by atoms with van der Waals surface area (Å²) in [5.74, 6) is -2.00. The van der Waals surface area contributed by atoms with Crippen molar-refractivity contribution < 1.29 is 17.6 Å². The highest BCUT2D eigenvalue weighted by Gasteiger charge is 2.38. The van der Waals surface area contributed by atoms with Crippen molar-refractivity contribution in [2.24, 2.45) is 5.92 Å². The third-order valence-electron chi connectivity index (χ3n) is 3.43. The van der Waals surface area contributed by atoms with Gasteiger partial charge in [0.1, 0.15) is 0 Å². The highest BCUT2D eigenvalue weighted by atomic mass is 19.4. The van der Waals surface area contributed by atoms with Crippen molar-refractivity contribution in [3.8, 4) is 0 Å². The molecule has 0 aromatic rings. The lowest BCUT2D eigenvalue weighted by Crippen LogP contribution is -2.17. The van der Waals surface area contributed by atoms with Gasteiger partial charge in [-0.1, -0.05) is 32.6 Å². The molecule has 0 aromatic heterocycles. The molecule has 0 radical (unpaired) electrons. The van der Waals surface area contributed by atoms with Crippen molar-refractivity contribution in [1.82, 2.24) is 0 Å². The minimum absolute atomic E-state index is 0.0269. The van der Waals surface area contributed by atoms with Crippen LogP contribution in [0.15, 0.2) is 11.4 Å². The van der Waals surface area contributed by atoms with Gasteiger partial charge in [-0.05, 0) is 37.2 Å². The van der Waals surface area contributed by atoms with Gasteiger partial charge < -0.3 is 0 Å². The van der Waals surface area contributed by atoms with E-state index in [-0.39, 0.29) is 17.9 Å². The molecule has 100 valence electrons. The van der Waals surface area contributed by atoms with Crippen molar-refractivity contribution in [1.29, 1.82) is 0 Å². The Hall–Kier alpha value is -0.540. The Balaban J connectivity index is 2.85. The molecular formula is C13H20F4. The van der Waals surface area contributed by atoms with Crippen LogP contribution in [0.5, 0.6) is 0 Å². The van der Waals surface area contributed by atoms with Gasteiger partial charge in [0, 0.05) is 0 Å². The van der Waals surface area contributed by atoms with E-state index in [9.17, 15) is 17.6 Å². The number of unbranched alkanes of at least 4 members (excludes halogenated alkanes) is 1. The molecule has 4 heteroatoms. The molecule has 17 heavy (non-hydrogen) atoms. The number of hydrogen-bond donors (Lipinski definition) is 0. The monoisotopic (exact) mass is 252 g/mol.